The quantitative estimate of drug-likeness (QED) is 0.655. The highest BCUT2D eigenvalue weighted by Gasteiger charge is 2.27. The molecule has 7 heteroatoms. The Morgan fingerprint density at radius 2 is 2.00 bits per heavy atom. The lowest BCUT2D eigenvalue weighted by molar-refractivity contribution is -0.137. The number of carbonyl (C=O) groups is 2. The topological polar surface area (TPSA) is 80.6 Å². The first-order valence-electron chi connectivity index (χ1n) is 9.88. The Balaban J connectivity index is 1.52. The van der Waals surface area contributed by atoms with E-state index in [0.29, 0.717) is 24.8 Å². The summed E-state index contributed by atoms with van der Waals surface area (Å²) >= 11 is 0. The second kappa shape index (κ2) is 8.18. The van der Waals surface area contributed by atoms with E-state index in [9.17, 15) is 19.1 Å². The van der Waals surface area contributed by atoms with Crippen molar-refractivity contribution >= 4 is 22.8 Å². The van der Waals surface area contributed by atoms with Crippen molar-refractivity contribution in [2.75, 3.05) is 7.11 Å². The first-order chi connectivity index (χ1) is 14.4. The van der Waals surface area contributed by atoms with Gasteiger partial charge >= 0.3 is 5.97 Å². The summed E-state index contributed by atoms with van der Waals surface area (Å²) < 4.78 is 20.8. The first-order valence-corrected chi connectivity index (χ1v) is 9.88. The van der Waals surface area contributed by atoms with Gasteiger partial charge in [-0.25, -0.2) is 4.39 Å². The minimum Gasteiger partial charge on any atom is -0.497 e. The number of rotatable bonds is 6. The first kappa shape index (κ1) is 19.9. The second-order valence-electron chi connectivity index (χ2n) is 7.60. The number of hydrogen-bond acceptors (Lipinski definition) is 3. The number of carboxylic acid groups (broad SMARTS) is 1. The molecule has 1 aliphatic rings. The van der Waals surface area contributed by atoms with E-state index in [1.807, 2.05) is 24.3 Å². The number of hydrogen-bond donors (Lipinski definition) is 2. The van der Waals surface area contributed by atoms with Gasteiger partial charge in [0, 0.05) is 22.6 Å². The van der Waals surface area contributed by atoms with Gasteiger partial charge in [0.2, 0.25) is 5.91 Å². The van der Waals surface area contributed by atoms with E-state index < -0.39 is 5.97 Å². The summed E-state index contributed by atoms with van der Waals surface area (Å²) in [5, 5.41) is 13.1. The molecule has 0 aliphatic heterocycles. The smallest absolute Gasteiger partial charge is 0.323 e. The van der Waals surface area contributed by atoms with Crippen LogP contribution >= 0.6 is 0 Å². The summed E-state index contributed by atoms with van der Waals surface area (Å²) in [6, 6.07) is 11.7. The molecule has 0 saturated heterocycles. The van der Waals surface area contributed by atoms with Crippen molar-refractivity contribution in [2.45, 2.75) is 38.3 Å². The number of halogens is 1. The monoisotopic (exact) mass is 410 g/mol. The van der Waals surface area contributed by atoms with Gasteiger partial charge in [-0.2, -0.15) is 0 Å². The van der Waals surface area contributed by atoms with Crippen molar-refractivity contribution in [1.29, 1.82) is 0 Å². The van der Waals surface area contributed by atoms with Crippen LogP contribution in [0.3, 0.4) is 0 Å². The molecule has 0 spiro atoms. The third-order valence-corrected chi connectivity index (χ3v) is 5.61. The molecule has 2 aromatic carbocycles. The van der Waals surface area contributed by atoms with Crippen molar-refractivity contribution in [2.24, 2.45) is 0 Å². The molecule has 1 aliphatic carbocycles. The van der Waals surface area contributed by atoms with E-state index in [0.717, 1.165) is 28.0 Å². The molecule has 156 valence electrons. The molecular formula is C23H23FN2O4. The van der Waals surface area contributed by atoms with E-state index in [4.69, 9.17) is 4.74 Å². The van der Waals surface area contributed by atoms with Gasteiger partial charge in [-0.15, -0.1) is 0 Å². The molecule has 6 nitrogen and oxygen atoms in total. The maximum Gasteiger partial charge on any atom is 0.323 e. The number of ether oxygens (including phenoxy) is 1. The Bertz CT molecular complexity index is 1100. The molecular weight excluding hydrogens is 387 g/mol. The molecule has 1 aromatic heterocycles. The Morgan fingerprint density at radius 3 is 2.70 bits per heavy atom. The predicted octanol–water partition coefficient (Wildman–Crippen LogP) is 3.09. The maximum atomic E-state index is 13.9. The predicted molar refractivity (Wildman–Crippen MR) is 110 cm³/mol. The average Bonchev–Trinajstić information content (AvgIpc) is 3.00. The number of nitrogens with zero attached hydrogens (tertiary/aromatic N) is 1. The van der Waals surface area contributed by atoms with Crippen LogP contribution in [0.25, 0.3) is 10.9 Å². The van der Waals surface area contributed by atoms with Crippen LogP contribution in [0.4, 0.5) is 4.39 Å². The molecule has 1 heterocycles. The van der Waals surface area contributed by atoms with E-state index in [1.165, 1.54) is 12.1 Å². The zero-order valence-electron chi connectivity index (χ0n) is 16.7. The van der Waals surface area contributed by atoms with Crippen LogP contribution < -0.4 is 10.1 Å². The van der Waals surface area contributed by atoms with E-state index in [2.05, 4.69) is 5.32 Å². The minimum atomic E-state index is -0.936. The molecule has 3 aromatic rings. The van der Waals surface area contributed by atoms with Gasteiger partial charge in [0.15, 0.2) is 0 Å². The fourth-order valence-electron chi connectivity index (χ4n) is 4.27. The second-order valence-corrected chi connectivity index (χ2v) is 7.60. The molecule has 0 saturated carbocycles. The molecule has 0 fully saturated rings. The summed E-state index contributed by atoms with van der Waals surface area (Å²) in [6.07, 6.45) is 2.16. The number of nitrogens with one attached hydrogen (secondary N) is 1. The summed E-state index contributed by atoms with van der Waals surface area (Å²) in [7, 11) is 1.60. The molecule has 0 bridgehead atoms. The fraction of sp³-hybridized carbons (Fsp3) is 0.304. The van der Waals surface area contributed by atoms with Crippen LogP contribution in [0, 0.1) is 5.82 Å². The summed E-state index contributed by atoms with van der Waals surface area (Å²) in [4.78, 5) is 23.9. The van der Waals surface area contributed by atoms with Gasteiger partial charge in [-0.05, 0) is 60.7 Å². The Hall–Kier alpha value is -3.35. The number of aliphatic carboxylic acids is 1. The molecule has 0 unspecified atom stereocenters. The summed E-state index contributed by atoms with van der Waals surface area (Å²) in [5.41, 5.74) is 3.45. The van der Waals surface area contributed by atoms with Crippen LogP contribution in [-0.4, -0.2) is 34.7 Å². The van der Waals surface area contributed by atoms with Crippen molar-refractivity contribution in [1.82, 2.24) is 9.88 Å². The fourth-order valence-corrected chi connectivity index (χ4v) is 4.27. The number of benzene rings is 2. The van der Waals surface area contributed by atoms with Gasteiger partial charge in [0.1, 0.15) is 18.1 Å². The van der Waals surface area contributed by atoms with Gasteiger partial charge < -0.3 is 19.7 Å². The van der Waals surface area contributed by atoms with Crippen LogP contribution in [0.5, 0.6) is 5.75 Å². The van der Waals surface area contributed by atoms with Gasteiger partial charge in [0.05, 0.1) is 13.5 Å². The zero-order valence-corrected chi connectivity index (χ0v) is 16.7. The normalized spacial score (nSPS) is 15.6. The van der Waals surface area contributed by atoms with Crippen LogP contribution in [0.1, 0.15) is 23.2 Å². The molecule has 0 radical (unpaired) electrons. The molecule has 4 rings (SSSR count). The van der Waals surface area contributed by atoms with Crippen LogP contribution in [-0.2, 0) is 35.4 Å². The zero-order chi connectivity index (χ0) is 21.3. The number of amides is 1. The van der Waals surface area contributed by atoms with E-state index >= 15 is 0 Å². The molecule has 1 amide bonds. The lowest BCUT2D eigenvalue weighted by Gasteiger charge is -2.25. The lowest BCUT2D eigenvalue weighted by Crippen LogP contribution is -2.39. The van der Waals surface area contributed by atoms with Crippen LogP contribution in [0.15, 0.2) is 42.5 Å². The SMILES string of the molecule is COc1ccc(CC(=O)N[C@@H]2CCc3c(c4cc(F)ccc4n3CC(=O)O)C2)cc1. The maximum absolute atomic E-state index is 13.9. The van der Waals surface area contributed by atoms with Crippen molar-refractivity contribution in [3.05, 3.63) is 65.1 Å². The molecule has 1 atom stereocenters. The number of carboxylic acids is 1. The highest BCUT2D eigenvalue weighted by Crippen LogP contribution is 2.33. The van der Waals surface area contributed by atoms with Gasteiger partial charge in [-0.3, -0.25) is 9.59 Å². The number of carbonyl (C=O) groups excluding carboxylic acids is 1. The standard InChI is InChI=1S/C23H23FN2O4/c1-30-17-6-2-14(3-7-17)10-22(27)25-16-5-9-21-19(12-16)18-11-15(24)4-8-20(18)26(21)13-23(28)29/h2-4,6-8,11,16H,5,9-10,12-13H2,1H3,(H,25,27)(H,28,29)/t16-/m1/s1. The van der Waals surface area contributed by atoms with Crippen LogP contribution in [0.2, 0.25) is 0 Å². The van der Waals surface area contributed by atoms with Gasteiger partial charge in [-0.1, -0.05) is 12.1 Å². The molecule has 30 heavy (non-hydrogen) atoms. The van der Waals surface area contributed by atoms with Crippen molar-refractivity contribution < 1.29 is 23.8 Å². The summed E-state index contributed by atoms with van der Waals surface area (Å²) in [6.45, 7) is -0.161. The number of aromatic nitrogens is 1. The van der Waals surface area contributed by atoms with E-state index in [-0.39, 0.29) is 30.7 Å². The lowest BCUT2D eigenvalue weighted by atomic mass is 9.91. The minimum absolute atomic E-state index is 0.0737. The van der Waals surface area contributed by atoms with Crippen molar-refractivity contribution in [3.63, 3.8) is 0 Å². The Kier molecular flexibility index (Phi) is 5.44. The summed E-state index contributed by atoms with van der Waals surface area (Å²) in [5.74, 6) is -0.629. The number of methoxy groups -OCH3 is 1. The van der Waals surface area contributed by atoms with Crippen molar-refractivity contribution in [3.8, 4) is 5.75 Å². The third-order valence-electron chi connectivity index (χ3n) is 5.61. The van der Waals surface area contributed by atoms with Gasteiger partial charge in [0.25, 0.3) is 0 Å². The Morgan fingerprint density at radius 1 is 1.23 bits per heavy atom. The average molecular weight is 410 g/mol. The highest BCUT2D eigenvalue weighted by molar-refractivity contribution is 5.87. The Labute approximate surface area is 173 Å². The third kappa shape index (κ3) is 4.01. The number of fused-ring (bicyclic) bond motifs is 3. The highest BCUT2D eigenvalue weighted by atomic mass is 19.1. The molecule has 2 N–H and O–H groups in total. The largest absolute Gasteiger partial charge is 0.497 e. The van der Waals surface area contributed by atoms with E-state index in [1.54, 1.807) is 17.7 Å².